The number of amides is 1. The zero-order chi connectivity index (χ0) is 13.0. The maximum Gasteiger partial charge on any atom is 0.248 e. The van der Waals surface area contributed by atoms with Gasteiger partial charge in [-0.05, 0) is 17.9 Å². The second kappa shape index (κ2) is 5.71. The minimum absolute atomic E-state index is 0.0289. The summed E-state index contributed by atoms with van der Waals surface area (Å²) in [5.74, 6) is 1.23. The number of ether oxygens (including phenoxy) is 1. The van der Waals surface area contributed by atoms with Crippen molar-refractivity contribution in [2.45, 2.75) is 32.9 Å². The first-order valence-electron chi connectivity index (χ1n) is 6.34. The molecular weight excluding hydrogens is 226 g/mol. The van der Waals surface area contributed by atoms with E-state index in [2.05, 4.69) is 19.2 Å². The van der Waals surface area contributed by atoms with E-state index in [0.29, 0.717) is 12.5 Å². The van der Waals surface area contributed by atoms with Gasteiger partial charge < -0.3 is 10.1 Å². The summed E-state index contributed by atoms with van der Waals surface area (Å²) >= 11 is 0. The highest BCUT2D eigenvalue weighted by molar-refractivity contribution is 5.91. The van der Waals surface area contributed by atoms with Crippen molar-refractivity contribution in [2.75, 3.05) is 0 Å². The zero-order valence-corrected chi connectivity index (χ0v) is 10.8. The molecule has 0 aromatic heterocycles. The van der Waals surface area contributed by atoms with E-state index in [0.717, 1.165) is 17.7 Å². The summed E-state index contributed by atoms with van der Waals surface area (Å²) in [6.07, 6.45) is 2.47. The SMILES string of the molecule is CC(C)C[C@H]1NC(=O)C=C1OCc1ccccc1. The number of rotatable bonds is 5. The molecule has 1 atom stereocenters. The minimum Gasteiger partial charge on any atom is -0.491 e. The molecule has 0 bridgehead atoms. The van der Waals surface area contributed by atoms with Crippen molar-refractivity contribution < 1.29 is 9.53 Å². The van der Waals surface area contributed by atoms with Crippen LogP contribution in [0, 0.1) is 5.92 Å². The van der Waals surface area contributed by atoms with Gasteiger partial charge in [-0.1, -0.05) is 44.2 Å². The van der Waals surface area contributed by atoms with Crippen LogP contribution in [-0.2, 0) is 16.1 Å². The van der Waals surface area contributed by atoms with Crippen LogP contribution in [0.1, 0.15) is 25.8 Å². The molecule has 0 aliphatic carbocycles. The molecule has 1 heterocycles. The molecule has 1 aromatic rings. The van der Waals surface area contributed by atoms with E-state index in [1.165, 1.54) is 0 Å². The smallest absolute Gasteiger partial charge is 0.248 e. The normalized spacial score (nSPS) is 18.7. The fourth-order valence-corrected chi connectivity index (χ4v) is 2.04. The molecule has 3 heteroatoms. The fourth-order valence-electron chi connectivity index (χ4n) is 2.04. The van der Waals surface area contributed by atoms with Crippen molar-refractivity contribution in [3.63, 3.8) is 0 Å². The van der Waals surface area contributed by atoms with Gasteiger partial charge in [0.1, 0.15) is 12.4 Å². The molecule has 0 unspecified atom stereocenters. The van der Waals surface area contributed by atoms with Gasteiger partial charge in [0.05, 0.1) is 6.04 Å². The Balaban J connectivity index is 1.94. The number of carbonyl (C=O) groups is 1. The van der Waals surface area contributed by atoms with Gasteiger partial charge in [0.15, 0.2) is 0 Å². The molecule has 2 rings (SSSR count). The summed E-state index contributed by atoms with van der Waals surface area (Å²) in [6, 6.07) is 10.0. The predicted molar refractivity (Wildman–Crippen MR) is 70.7 cm³/mol. The molecule has 1 aliphatic heterocycles. The van der Waals surface area contributed by atoms with Crippen LogP contribution >= 0.6 is 0 Å². The van der Waals surface area contributed by atoms with Crippen LogP contribution < -0.4 is 5.32 Å². The Kier molecular flexibility index (Phi) is 4.03. The minimum atomic E-state index is -0.0521. The first-order chi connectivity index (χ1) is 8.65. The number of carbonyl (C=O) groups excluding carboxylic acids is 1. The number of nitrogens with one attached hydrogen (secondary N) is 1. The summed E-state index contributed by atoms with van der Waals surface area (Å²) < 4.78 is 5.75. The molecule has 3 nitrogen and oxygen atoms in total. The van der Waals surface area contributed by atoms with Gasteiger partial charge in [0, 0.05) is 6.08 Å². The van der Waals surface area contributed by atoms with Gasteiger partial charge >= 0.3 is 0 Å². The Bertz CT molecular complexity index is 437. The van der Waals surface area contributed by atoms with Crippen LogP contribution in [0.2, 0.25) is 0 Å². The molecular formula is C15H19NO2. The Morgan fingerprint density at radius 2 is 2.00 bits per heavy atom. The van der Waals surface area contributed by atoms with Gasteiger partial charge in [0.2, 0.25) is 5.91 Å². The summed E-state index contributed by atoms with van der Waals surface area (Å²) in [4.78, 5) is 11.4. The third-order valence-corrected chi connectivity index (χ3v) is 2.89. The van der Waals surface area contributed by atoms with Crippen LogP contribution in [0.25, 0.3) is 0 Å². The van der Waals surface area contributed by atoms with E-state index >= 15 is 0 Å². The highest BCUT2D eigenvalue weighted by atomic mass is 16.5. The monoisotopic (exact) mass is 245 g/mol. The van der Waals surface area contributed by atoms with Gasteiger partial charge in [0.25, 0.3) is 0 Å². The molecule has 0 saturated carbocycles. The molecule has 0 radical (unpaired) electrons. The number of hydrogen-bond acceptors (Lipinski definition) is 2. The van der Waals surface area contributed by atoms with E-state index in [-0.39, 0.29) is 11.9 Å². The van der Waals surface area contributed by atoms with Gasteiger partial charge in [-0.25, -0.2) is 0 Å². The molecule has 96 valence electrons. The van der Waals surface area contributed by atoms with Gasteiger partial charge in [-0.15, -0.1) is 0 Å². The molecule has 0 saturated heterocycles. The molecule has 1 amide bonds. The van der Waals surface area contributed by atoms with E-state index in [4.69, 9.17) is 4.74 Å². The Morgan fingerprint density at radius 3 is 2.67 bits per heavy atom. The lowest BCUT2D eigenvalue weighted by Gasteiger charge is -2.18. The predicted octanol–water partition coefficient (Wildman–Crippen LogP) is 2.63. The van der Waals surface area contributed by atoms with Crippen molar-refractivity contribution in [3.05, 3.63) is 47.7 Å². The van der Waals surface area contributed by atoms with Crippen molar-refractivity contribution in [3.8, 4) is 0 Å². The first kappa shape index (κ1) is 12.7. The highest BCUT2D eigenvalue weighted by Crippen LogP contribution is 2.19. The topological polar surface area (TPSA) is 38.3 Å². The zero-order valence-electron chi connectivity index (χ0n) is 10.8. The Morgan fingerprint density at radius 1 is 1.28 bits per heavy atom. The lowest BCUT2D eigenvalue weighted by molar-refractivity contribution is -0.116. The standard InChI is InChI=1S/C15H19NO2/c1-11(2)8-13-14(9-15(17)16-13)18-10-12-6-4-3-5-7-12/h3-7,9,11,13H,8,10H2,1-2H3,(H,16,17)/t13-/m1/s1. The largest absolute Gasteiger partial charge is 0.491 e. The van der Waals surface area contributed by atoms with E-state index in [9.17, 15) is 4.79 Å². The average molecular weight is 245 g/mol. The van der Waals surface area contributed by atoms with Crippen LogP contribution in [0.3, 0.4) is 0 Å². The molecule has 0 spiro atoms. The molecule has 1 aromatic carbocycles. The second-order valence-electron chi connectivity index (χ2n) is 5.01. The number of hydrogen-bond donors (Lipinski definition) is 1. The third kappa shape index (κ3) is 3.36. The van der Waals surface area contributed by atoms with E-state index in [1.54, 1.807) is 6.08 Å². The summed E-state index contributed by atoms with van der Waals surface area (Å²) in [7, 11) is 0. The second-order valence-corrected chi connectivity index (χ2v) is 5.01. The molecule has 0 fully saturated rings. The quantitative estimate of drug-likeness (QED) is 0.866. The first-order valence-corrected chi connectivity index (χ1v) is 6.34. The summed E-state index contributed by atoms with van der Waals surface area (Å²) in [5.41, 5.74) is 1.11. The highest BCUT2D eigenvalue weighted by Gasteiger charge is 2.25. The molecule has 18 heavy (non-hydrogen) atoms. The summed E-state index contributed by atoms with van der Waals surface area (Å²) in [5, 5.41) is 2.92. The van der Waals surface area contributed by atoms with Crippen molar-refractivity contribution in [2.24, 2.45) is 5.92 Å². The Labute approximate surface area is 108 Å². The van der Waals surface area contributed by atoms with Crippen LogP contribution in [0.5, 0.6) is 0 Å². The lowest BCUT2D eigenvalue weighted by atomic mass is 10.0. The van der Waals surface area contributed by atoms with Crippen molar-refractivity contribution in [1.82, 2.24) is 5.32 Å². The molecule has 1 N–H and O–H groups in total. The average Bonchev–Trinajstić information content (AvgIpc) is 2.67. The van der Waals surface area contributed by atoms with Crippen molar-refractivity contribution in [1.29, 1.82) is 0 Å². The van der Waals surface area contributed by atoms with Crippen LogP contribution in [0.15, 0.2) is 42.2 Å². The van der Waals surface area contributed by atoms with Crippen molar-refractivity contribution >= 4 is 5.91 Å². The van der Waals surface area contributed by atoms with Crippen LogP contribution in [-0.4, -0.2) is 11.9 Å². The van der Waals surface area contributed by atoms with E-state index < -0.39 is 0 Å². The summed E-state index contributed by atoms with van der Waals surface area (Å²) in [6.45, 7) is 4.79. The maximum atomic E-state index is 11.4. The maximum absolute atomic E-state index is 11.4. The van der Waals surface area contributed by atoms with E-state index in [1.807, 2.05) is 30.3 Å². The number of benzene rings is 1. The fraction of sp³-hybridized carbons (Fsp3) is 0.400. The van der Waals surface area contributed by atoms with Gasteiger partial charge in [-0.3, -0.25) is 4.79 Å². The molecule has 1 aliphatic rings. The van der Waals surface area contributed by atoms with Gasteiger partial charge in [-0.2, -0.15) is 0 Å². The Hall–Kier alpha value is -1.77. The van der Waals surface area contributed by atoms with Crippen LogP contribution in [0.4, 0.5) is 0 Å². The third-order valence-electron chi connectivity index (χ3n) is 2.89. The lowest BCUT2D eigenvalue weighted by Crippen LogP contribution is -2.30.